The SMILES string of the molecule is Cc1cc(F)ccc1-c1c(-c2ccc(F)cc2)nc(-c2ccc(F)cc2)c(C)[n+]1C. The summed E-state index contributed by atoms with van der Waals surface area (Å²) < 4.78 is 42.7. The molecule has 0 saturated carbocycles. The highest BCUT2D eigenvalue weighted by atomic mass is 19.1. The predicted molar refractivity (Wildman–Crippen MR) is 111 cm³/mol. The van der Waals surface area contributed by atoms with E-state index >= 15 is 0 Å². The van der Waals surface area contributed by atoms with Crippen LogP contribution in [0.25, 0.3) is 33.8 Å². The van der Waals surface area contributed by atoms with Gasteiger partial charge in [-0.2, -0.15) is 4.57 Å². The van der Waals surface area contributed by atoms with Crippen molar-refractivity contribution in [2.45, 2.75) is 13.8 Å². The molecule has 3 aromatic carbocycles. The summed E-state index contributed by atoms with van der Waals surface area (Å²) in [6.45, 7) is 3.78. The van der Waals surface area contributed by atoms with Gasteiger partial charge in [0.1, 0.15) is 35.9 Å². The molecule has 0 N–H and O–H groups in total. The summed E-state index contributed by atoms with van der Waals surface area (Å²) in [7, 11) is 1.91. The van der Waals surface area contributed by atoms with Gasteiger partial charge in [0.05, 0.1) is 5.56 Å². The van der Waals surface area contributed by atoms with Gasteiger partial charge in [-0.05, 0) is 79.2 Å². The molecule has 0 spiro atoms. The molecule has 0 aliphatic rings. The van der Waals surface area contributed by atoms with E-state index in [-0.39, 0.29) is 17.5 Å². The van der Waals surface area contributed by atoms with Crippen LogP contribution in [0.1, 0.15) is 11.3 Å². The van der Waals surface area contributed by atoms with Gasteiger partial charge in [-0.15, -0.1) is 0 Å². The Bertz CT molecular complexity index is 1230. The van der Waals surface area contributed by atoms with Crippen molar-refractivity contribution in [1.82, 2.24) is 4.98 Å². The van der Waals surface area contributed by atoms with Gasteiger partial charge in [-0.1, -0.05) is 0 Å². The lowest BCUT2D eigenvalue weighted by atomic mass is 9.98. The molecule has 150 valence electrons. The Morgan fingerprint density at radius 3 is 1.70 bits per heavy atom. The van der Waals surface area contributed by atoms with E-state index in [4.69, 9.17) is 4.98 Å². The third-order valence-corrected chi connectivity index (χ3v) is 5.31. The van der Waals surface area contributed by atoms with Gasteiger partial charge >= 0.3 is 0 Å². The number of nitrogens with zero attached hydrogens (tertiary/aromatic N) is 2. The van der Waals surface area contributed by atoms with Crippen LogP contribution in [-0.4, -0.2) is 4.98 Å². The van der Waals surface area contributed by atoms with Crippen LogP contribution in [0.3, 0.4) is 0 Å². The van der Waals surface area contributed by atoms with Crippen molar-refractivity contribution in [2.24, 2.45) is 7.05 Å². The molecule has 1 aromatic heterocycles. The van der Waals surface area contributed by atoms with Crippen molar-refractivity contribution in [1.29, 1.82) is 0 Å². The first-order chi connectivity index (χ1) is 14.3. The molecule has 0 bridgehead atoms. The zero-order valence-corrected chi connectivity index (χ0v) is 16.9. The lowest BCUT2D eigenvalue weighted by Crippen LogP contribution is -2.37. The molecule has 0 fully saturated rings. The molecule has 1 heterocycles. The summed E-state index contributed by atoms with van der Waals surface area (Å²) in [6.07, 6.45) is 0. The quantitative estimate of drug-likeness (QED) is 0.386. The van der Waals surface area contributed by atoms with E-state index in [0.717, 1.165) is 33.6 Å². The van der Waals surface area contributed by atoms with Crippen molar-refractivity contribution in [2.75, 3.05) is 0 Å². The average molecular weight is 405 g/mol. The van der Waals surface area contributed by atoms with Crippen LogP contribution in [0.4, 0.5) is 13.2 Å². The molecule has 2 nitrogen and oxygen atoms in total. The standard InChI is InChI=1S/C25H20F3N2/c1-15-14-21(28)12-13-22(15)25-24(18-6-10-20(27)11-7-18)29-23(16(2)30(25)3)17-4-8-19(26)9-5-17/h4-14H,1-3H3/q+1. The number of hydrogen-bond donors (Lipinski definition) is 0. The van der Waals surface area contributed by atoms with E-state index in [0.29, 0.717) is 11.4 Å². The number of aromatic nitrogens is 2. The lowest BCUT2D eigenvalue weighted by molar-refractivity contribution is -0.666. The van der Waals surface area contributed by atoms with Gasteiger partial charge in [0.25, 0.3) is 0 Å². The Kier molecular flexibility index (Phi) is 5.12. The summed E-state index contributed by atoms with van der Waals surface area (Å²) >= 11 is 0. The summed E-state index contributed by atoms with van der Waals surface area (Å²) in [4.78, 5) is 4.91. The normalized spacial score (nSPS) is 11.0. The summed E-state index contributed by atoms with van der Waals surface area (Å²) in [5.74, 6) is -0.971. The molecule has 0 unspecified atom stereocenters. The molecular formula is C25H20F3N2+. The molecule has 4 rings (SSSR count). The number of rotatable bonds is 3. The van der Waals surface area contributed by atoms with Gasteiger partial charge < -0.3 is 0 Å². The van der Waals surface area contributed by atoms with Gasteiger partial charge in [0.2, 0.25) is 11.4 Å². The molecule has 4 aromatic rings. The minimum Gasteiger partial charge on any atom is -0.234 e. The van der Waals surface area contributed by atoms with Crippen LogP contribution in [-0.2, 0) is 7.05 Å². The summed E-state index contributed by atoms with van der Waals surface area (Å²) in [6, 6.07) is 16.9. The van der Waals surface area contributed by atoms with Crippen molar-refractivity contribution in [3.8, 4) is 33.8 Å². The van der Waals surface area contributed by atoms with Crippen molar-refractivity contribution >= 4 is 0 Å². The fraction of sp³-hybridized carbons (Fsp3) is 0.120. The predicted octanol–water partition coefficient (Wildman–Crippen LogP) is 5.94. The van der Waals surface area contributed by atoms with Crippen molar-refractivity contribution in [3.63, 3.8) is 0 Å². The zero-order chi connectivity index (χ0) is 21.4. The maximum atomic E-state index is 13.7. The van der Waals surface area contributed by atoms with Crippen LogP contribution in [0.2, 0.25) is 0 Å². The first-order valence-corrected chi connectivity index (χ1v) is 9.54. The number of benzene rings is 3. The average Bonchev–Trinajstić information content (AvgIpc) is 2.72. The van der Waals surface area contributed by atoms with E-state index in [9.17, 15) is 13.2 Å². The topological polar surface area (TPSA) is 16.8 Å². The smallest absolute Gasteiger partial charge is 0.234 e. The molecule has 0 amide bonds. The molecule has 30 heavy (non-hydrogen) atoms. The van der Waals surface area contributed by atoms with Crippen molar-refractivity contribution < 1.29 is 17.7 Å². The fourth-order valence-corrected chi connectivity index (χ4v) is 3.62. The van der Waals surface area contributed by atoms with Gasteiger partial charge in [0, 0.05) is 18.1 Å². The first kappa shape index (κ1) is 19.8. The highest BCUT2D eigenvalue weighted by Crippen LogP contribution is 2.33. The van der Waals surface area contributed by atoms with Gasteiger partial charge in [-0.3, -0.25) is 0 Å². The minimum absolute atomic E-state index is 0.310. The Labute approximate surface area is 173 Å². The Hall–Kier alpha value is -3.47. The van der Waals surface area contributed by atoms with E-state index in [2.05, 4.69) is 0 Å². The molecule has 0 aliphatic heterocycles. The fourth-order valence-electron chi connectivity index (χ4n) is 3.62. The largest absolute Gasteiger partial charge is 0.239 e. The maximum absolute atomic E-state index is 13.7. The Balaban J connectivity index is 2.05. The van der Waals surface area contributed by atoms with Gasteiger partial charge in [0.15, 0.2) is 0 Å². The van der Waals surface area contributed by atoms with Crippen molar-refractivity contribution in [3.05, 3.63) is 95.4 Å². The van der Waals surface area contributed by atoms with Crippen LogP contribution >= 0.6 is 0 Å². The van der Waals surface area contributed by atoms with Crippen LogP contribution in [0.5, 0.6) is 0 Å². The second-order valence-corrected chi connectivity index (χ2v) is 7.28. The van der Waals surface area contributed by atoms with E-state index < -0.39 is 0 Å². The third-order valence-electron chi connectivity index (χ3n) is 5.31. The minimum atomic E-state index is -0.339. The van der Waals surface area contributed by atoms with Gasteiger partial charge in [-0.25, -0.2) is 18.2 Å². The molecular weight excluding hydrogens is 385 g/mol. The molecule has 0 saturated heterocycles. The molecule has 0 radical (unpaired) electrons. The van der Waals surface area contributed by atoms with E-state index in [1.807, 2.05) is 25.5 Å². The molecule has 0 atom stereocenters. The first-order valence-electron chi connectivity index (χ1n) is 9.54. The lowest BCUT2D eigenvalue weighted by Gasteiger charge is -2.14. The summed E-state index contributed by atoms with van der Waals surface area (Å²) in [5, 5.41) is 0. The summed E-state index contributed by atoms with van der Waals surface area (Å²) in [5.41, 5.74) is 6.10. The highest BCUT2D eigenvalue weighted by Gasteiger charge is 2.26. The second kappa shape index (κ2) is 7.75. The van der Waals surface area contributed by atoms with Crippen LogP contribution in [0, 0.1) is 31.3 Å². The van der Waals surface area contributed by atoms with Crippen LogP contribution in [0.15, 0.2) is 66.7 Å². The van der Waals surface area contributed by atoms with E-state index in [1.165, 1.54) is 36.4 Å². The number of halogens is 3. The van der Waals surface area contributed by atoms with E-state index in [1.54, 1.807) is 30.3 Å². The monoisotopic (exact) mass is 405 g/mol. The maximum Gasteiger partial charge on any atom is 0.239 e. The molecule has 5 heteroatoms. The Morgan fingerprint density at radius 1 is 0.667 bits per heavy atom. The van der Waals surface area contributed by atoms with Crippen LogP contribution < -0.4 is 4.57 Å². The third kappa shape index (κ3) is 3.59. The molecule has 0 aliphatic carbocycles. The Morgan fingerprint density at radius 2 is 1.17 bits per heavy atom. The number of hydrogen-bond acceptors (Lipinski definition) is 1. The second-order valence-electron chi connectivity index (χ2n) is 7.28. The zero-order valence-electron chi connectivity index (χ0n) is 16.9. The highest BCUT2D eigenvalue weighted by molar-refractivity contribution is 5.79. The number of aryl methyl sites for hydroxylation is 1.